The third-order valence-electron chi connectivity index (χ3n) is 4.25. The maximum atomic E-state index is 12.3. The molecule has 7 N–H and O–H groups in total. The van der Waals surface area contributed by atoms with E-state index in [1.807, 2.05) is 0 Å². The predicted molar refractivity (Wildman–Crippen MR) is 116 cm³/mol. The summed E-state index contributed by atoms with van der Waals surface area (Å²) in [5.74, 6) is -2.40. The van der Waals surface area contributed by atoms with Crippen LogP contribution in [-0.4, -0.2) is 54.0 Å². The zero-order valence-electron chi connectivity index (χ0n) is 16.6. The van der Waals surface area contributed by atoms with Gasteiger partial charge < -0.3 is 27.0 Å². The second-order valence-electron chi connectivity index (χ2n) is 6.61. The lowest BCUT2D eigenvalue weighted by Crippen LogP contribution is -2.41. The fourth-order valence-corrected chi connectivity index (χ4v) is 3.46. The summed E-state index contributed by atoms with van der Waals surface area (Å²) in [5.41, 5.74) is 12.9. The van der Waals surface area contributed by atoms with Crippen molar-refractivity contribution in [3.05, 3.63) is 41.7 Å². The van der Waals surface area contributed by atoms with Crippen LogP contribution in [0, 0.1) is 0 Å². The van der Waals surface area contributed by atoms with Gasteiger partial charge in [0.15, 0.2) is 17.0 Å². The van der Waals surface area contributed by atoms with E-state index in [0.717, 1.165) is 4.90 Å². The van der Waals surface area contributed by atoms with Crippen molar-refractivity contribution in [3.63, 3.8) is 0 Å². The van der Waals surface area contributed by atoms with Crippen LogP contribution in [0.3, 0.4) is 0 Å². The zero-order chi connectivity index (χ0) is 23.3. The van der Waals surface area contributed by atoms with Crippen LogP contribution >= 0.6 is 11.8 Å². The molecule has 0 saturated heterocycles. The van der Waals surface area contributed by atoms with Gasteiger partial charge in [-0.15, -0.1) is 11.8 Å². The van der Waals surface area contributed by atoms with E-state index in [1.165, 1.54) is 11.8 Å². The number of nitrogens with zero attached hydrogens (tertiary/aromatic N) is 4. The molecule has 0 aliphatic heterocycles. The SMILES string of the molecule is Nc1nc(N)c2nc(CSc3ccc(C(=O)N[C@@H](CCC(=O)O)C(=O)O)cc3)cnc2n1. The smallest absolute Gasteiger partial charge is 0.326 e. The molecular formula is C19H19N7O5S. The molecule has 0 radical (unpaired) electrons. The van der Waals surface area contributed by atoms with E-state index in [2.05, 4.69) is 25.3 Å². The molecule has 0 saturated carbocycles. The number of aromatic nitrogens is 4. The van der Waals surface area contributed by atoms with Gasteiger partial charge in [0.05, 0.1) is 11.9 Å². The first-order valence-corrected chi connectivity index (χ1v) is 10.2. The minimum Gasteiger partial charge on any atom is -0.481 e. The Balaban J connectivity index is 1.62. The molecule has 1 amide bonds. The van der Waals surface area contributed by atoms with Crippen molar-refractivity contribution >= 4 is 52.5 Å². The van der Waals surface area contributed by atoms with Crippen LogP contribution < -0.4 is 16.8 Å². The second kappa shape index (κ2) is 9.87. The standard InChI is InChI=1S/C19H19N7O5S/c20-15-14-16(26-19(21)25-15)22-7-10(23-14)8-32-11-3-1-9(2-4-11)17(29)24-12(18(30)31)5-6-13(27)28/h1-4,7,12H,5-6,8H2,(H,24,29)(H,27,28)(H,30,31)(H4,20,21,22,25,26)/t12-/m0/s1. The van der Waals surface area contributed by atoms with Crippen molar-refractivity contribution in [2.24, 2.45) is 0 Å². The number of nitrogens with one attached hydrogen (secondary N) is 1. The Morgan fingerprint density at radius 2 is 1.78 bits per heavy atom. The van der Waals surface area contributed by atoms with E-state index < -0.39 is 23.9 Å². The molecule has 0 aliphatic carbocycles. The van der Waals surface area contributed by atoms with Crippen molar-refractivity contribution in [1.29, 1.82) is 0 Å². The predicted octanol–water partition coefficient (Wildman–Crippen LogP) is 0.924. The van der Waals surface area contributed by atoms with Crippen LogP contribution in [0.25, 0.3) is 11.2 Å². The van der Waals surface area contributed by atoms with Gasteiger partial charge in [-0.3, -0.25) is 9.59 Å². The number of carboxylic acids is 2. The Kier molecular flexibility index (Phi) is 7.00. The largest absolute Gasteiger partial charge is 0.481 e. The van der Waals surface area contributed by atoms with Crippen molar-refractivity contribution in [2.45, 2.75) is 29.5 Å². The first kappa shape index (κ1) is 22.7. The first-order chi connectivity index (χ1) is 15.2. The number of benzene rings is 1. The van der Waals surface area contributed by atoms with Gasteiger partial charge in [-0.25, -0.2) is 14.8 Å². The molecule has 0 spiro atoms. The molecule has 166 valence electrons. The number of carbonyl (C=O) groups excluding carboxylic acids is 1. The van der Waals surface area contributed by atoms with Gasteiger partial charge in [-0.2, -0.15) is 9.97 Å². The number of carbonyl (C=O) groups is 3. The third-order valence-corrected chi connectivity index (χ3v) is 5.30. The molecule has 3 rings (SSSR count). The summed E-state index contributed by atoms with van der Waals surface area (Å²) in [4.78, 5) is 51.5. The molecule has 0 fully saturated rings. The number of rotatable bonds is 9. The van der Waals surface area contributed by atoms with E-state index >= 15 is 0 Å². The number of carboxylic acid groups (broad SMARTS) is 2. The topological polar surface area (TPSA) is 207 Å². The van der Waals surface area contributed by atoms with Crippen molar-refractivity contribution in [2.75, 3.05) is 11.5 Å². The highest BCUT2D eigenvalue weighted by Crippen LogP contribution is 2.23. The normalized spacial score (nSPS) is 11.8. The third kappa shape index (κ3) is 5.78. The van der Waals surface area contributed by atoms with Crippen molar-refractivity contribution in [1.82, 2.24) is 25.3 Å². The lowest BCUT2D eigenvalue weighted by molar-refractivity contribution is -0.140. The maximum absolute atomic E-state index is 12.3. The van der Waals surface area contributed by atoms with Crippen molar-refractivity contribution < 1.29 is 24.6 Å². The fourth-order valence-electron chi connectivity index (χ4n) is 2.68. The molecule has 12 nitrogen and oxygen atoms in total. The Hall–Kier alpha value is -4.00. The number of hydrogen-bond donors (Lipinski definition) is 5. The number of anilines is 2. The molecule has 1 aromatic carbocycles. The average molecular weight is 457 g/mol. The number of thioether (sulfide) groups is 1. The van der Waals surface area contributed by atoms with Crippen LogP contribution in [0.5, 0.6) is 0 Å². The monoisotopic (exact) mass is 457 g/mol. The molecule has 2 heterocycles. The van der Waals surface area contributed by atoms with E-state index in [1.54, 1.807) is 30.5 Å². The minimum atomic E-state index is -1.29. The van der Waals surface area contributed by atoms with E-state index in [0.29, 0.717) is 22.6 Å². The highest BCUT2D eigenvalue weighted by atomic mass is 32.2. The van der Waals surface area contributed by atoms with Gasteiger partial charge in [0.1, 0.15) is 6.04 Å². The maximum Gasteiger partial charge on any atom is 0.326 e. The Labute approximate surface area is 185 Å². The lowest BCUT2D eigenvalue weighted by atomic mass is 10.1. The lowest BCUT2D eigenvalue weighted by Gasteiger charge is -2.13. The summed E-state index contributed by atoms with van der Waals surface area (Å²) in [6.07, 6.45) is 0.987. The second-order valence-corrected chi connectivity index (χ2v) is 7.66. The number of amides is 1. The van der Waals surface area contributed by atoms with Crippen LogP contribution in [0.15, 0.2) is 35.4 Å². The summed E-state index contributed by atoms with van der Waals surface area (Å²) >= 11 is 1.44. The molecule has 0 aliphatic rings. The summed E-state index contributed by atoms with van der Waals surface area (Å²) in [6.45, 7) is 0. The Morgan fingerprint density at radius 3 is 2.44 bits per heavy atom. The van der Waals surface area contributed by atoms with Gasteiger partial charge in [0, 0.05) is 22.6 Å². The quantitative estimate of drug-likeness (QED) is 0.284. The molecule has 32 heavy (non-hydrogen) atoms. The van der Waals surface area contributed by atoms with Crippen LogP contribution in [0.2, 0.25) is 0 Å². The van der Waals surface area contributed by atoms with E-state index in [-0.39, 0.29) is 30.2 Å². The molecule has 1 atom stereocenters. The summed E-state index contributed by atoms with van der Waals surface area (Å²) in [6, 6.07) is 5.23. The van der Waals surface area contributed by atoms with E-state index in [9.17, 15) is 14.4 Å². The Morgan fingerprint density at radius 1 is 1.06 bits per heavy atom. The minimum absolute atomic E-state index is 0.0205. The van der Waals surface area contributed by atoms with Gasteiger partial charge in [0.25, 0.3) is 5.91 Å². The molecular weight excluding hydrogens is 438 g/mol. The highest BCUT2D eigenvalue weighted by Gasteiger charge is 2.21. The highest BCUT2D eigenvalue weighted by molar-refractivity contribution is 7.98. The van der Waals surface area contributed by atoms with Gasteiger partial charge in [0.2, 0.25) is 5.95 Å². The first-order valence-electron chi connectivity index (χ1n) is 9.26. The summed E-state index contributed by atoms with van der Waals surface area (Å²) < 4.78 is 0. The average Bonchev–Trinajstić information content (AvgIpc) is 2.75. The number of hydrogen-bond acceptors (Lipinski definition) is 10. The molecule has 13 heteroatoms. The molecule has 3 aromatic rings. The molecule has 0 unspecified atom stereocenters. The van der Waals surface area contributed by atoms with Crippen LogP contribution in [0.1, 0.15) is 28.9 Å². The number of fused-ring (bicyclic) bond motifs is 1. The summed E-state index contributed by atoms with van der Waals surface area (Å²) in [7, 11) is 0. The number of nitrogen functional groups attached to an aromatic ring is 2. The van der Waals surface area contributed by atoms with Crippen LogP contribution in [0.4, 0.5) is 11.8 Å². The molecule has 0 bridgehead atoms. The van der Waals surface area contributed by atoms with Gasteiger partial charge in [-0.1, -0.05) is 0 Å². The summed E-state index contributed by atoms with van der Waals surface area (Å²) in [5, 5.41) is 20.2. The van der Waals surface area contributed by atoms with Gasteiger partial charge >= 0.3 is 11.9 Å². The fraction of sp³-hybridized carbons (Fsp3) is 0.211. The Bertz CT molecular complexity index is 1170. The number of nitrogens with two attached hydrogens (primary N) is 2. The van der Waals surface area contributed by atoms with Crippen molar-refractivity contribution in [3.8, 4) is 0 Å². The van der Waals surface area contributed by atoms with Gasteiger partial charge in [-0.05, 0) is 30.7 Å². The zero-order valence-corrected chi connectivity index (χ0v) is 17.4. The van der Waals surface area contributed by atoms with Crippen LogP contribution in [-0.2, 0) is 15.3 Å². The van der Waals surface area contributed by atoms with E-state index in [4.69, 9.17) is 21.7 Å². The number of aliphatic carboxylic acids is 2. The molecule has 2 aromatic heterocycles.